The molecule has 1 rings (SSSR count). The molecule has 0 bridgehead atoms. The molecule has 9 nitrogen and oxygen atoms in total. The topological polar surface area (TPSA) is 115 Å². The highest BCUT2D eigenvalue weighted by Gasteiger charge is 2.19. The van der Waals surface area contributed by atoms with Gasteiger partial charge in [-0.05, 0) is 35.9 Å². The van der Waals surface area contributed by atoms with Crippen molar-refractivity contribution in [3.8, 4) is 5.75 Å². The van der Waals surface area contributed by atoms with E-state index in [-0.39, 0.29) is 18.2 Å². The van der Waals surface area contributed by atoms with Crippen LogP contribution in [-0.4, -0.2) is 52.9 Å². The molecule has 22 heavy (non-hydrogen) atoms. The summed E-state index contributed by atoms with van der Waals surface area (Å²) < 4.78 is 5.16. The van der Waals surface area contributed by atoms with E-state index in [9.17, 15) is 19.7 Å². The standard InChI is InChI=1S/C13H18N4O5/c1-3-14-11(18)8-16(4-2)12(19)9-22-10-6-5-7-15-13(10)17(20)21/h5-7H,3-4,8-9H2,1-2H3,(H,14,18). The molecule has 0 aromatic carbocycles. The third kappa shape index (κ3) is 5.00. The second kappa shape index (κ2) is 8.55. The number of rotatable bonds is 8. The van der Waals surface area contributed by atoms with Crippen LogP contribution in [0.15, 0.2) is 18.3 Å². The summed E-state index contributed by atoms with van der Waals surface area (Å²) in [6.45, 7) is 3.82. The van der Waals surface area contributed by atoms with Crippen LogP contribution in [0.1, 0.15) is 13.8 Å². The van der Waals surface area contributed by atoms with Crippen molar-refractivity contribution < 1.29 is 19.2 Å². The van der Waals surface area contributed by atoms with Gasteiger partial charge >= 0.3 is 5.82 Å². The van der Waals surface area contributed by atoms with Gasteiger partial charge in [0, 0.05) is 13.1 Å². The number of carbonyl (C=O) groups is 2. The summed E-state index contributed by atoms with van der Waals surface area (Å²) >= 11 is 0. The average Bonchev–Trinajstić information content (AvgIpc) is 2.50. The fourth-order valence-electron chi connectivity index (χ4n) is 1.67. The Balaban J connectivity index is 2.64. The predicted molar refractivity (Wildman–Crippen MR) is 77.3 cm³/mol. The first-order valence-corrected chi connectivity index (χ1v) is 6.76. The van der Waals surface area contributed by atoms with Crippen molar-refractivity contribution in [2.45, 2.75) is 13.8 Å². The monoisotopic (exact) mass is 310 g/mol. The van der Waals surface area contributed by atoms with Crippen molar-refractivity contribution in [3.63, 3.8) is 0 Å². The van der Waals surface area contributed by atoms with Gasteiger partial charge in [0.1, 0.15) is 6.20 Å². The smallest absolute Gasteiger partial charge is 0.406 e. The lowest BCUT2D eigenvalue weighted by atomic mass is 10.4. The zero-order valence-corrected chi connectivity index (χ0v) is 12.4. The van der Waals surface area contributed by atoms with Crippen LogP contribution in [0.2, 0.25) is 0 Å². The minimum Gasteiger partial charge on any atom is -0.476 e. The molecular formula is C13H18N4O5. The van der Waals surface area contributed by atoms with Gasteiger partial charge < -0.3 is 25.1 Å². The summed E-state index contributed by atoms with van der Waals surface area (Å²) in [5.41, 5.74) is 0. The number of likely N-dealkylation sites (N-methyl/N-ethyl adjacent to an activating group) is 2. The summed E-state index contributed by atoms with van der Waals surface area (Å²) in [4.78, 5) is 38.5. The van der Waals surface area contributed by atoms with E-state index < -0.39 is 23.3 Å². The lowest BCUT2D eigenvalue weighted by Crippen LogP contribution is -2.42. The van der Waals surface area contributed by atoms with Crippen molar-refractivity contribution in [1.29, 1.82) is 0 Å². The quantitative estimate of drug-likeness (QED) is 0.547. The Bertz CT molecular complexity index is 549. The minimum atomic E-state index is -0.688. The van der Waals surface area contributed by atoms with Crippen LogP contribution >= 0.6 is 0 Å². The van der Waals surface area contributed by atoms with E-state index in [0.29, 0.717) is 13.1 Å². The fraction of sp³-hybridized carbons (Fsp3) is 0.462. The first kappa shape index (κ1) is 17.3. The normalized spacial score (nSPS) is 9.91. The fourth-order valence-corrected chi connectivity index (χ4v) is 1.67. The molecule has 1 N–H and O–H groups in total. The molecule has 1 heterocycles. The molecule has 0 fully saturated rings. The molecule has 0 saturated carbocycles. The van der Waals surface area contributed by atoms with Gasteiger partial charge in [-0.25, -0.2) is 0 Å². The van der Waals surface area contributed by atoms with E-state index in [2.05, 4.69) is 10.3 Å². The van der Waals surface area contributed by atoms with E-state index in [1.54, 1.807) is 13.8 Å². The first-order chi connectivity index (χ1) is 10.5. The van der Waals surface area contributed by atoms with E-state index >= 15 is 0 Å². The molecule has 0 spiro atoms. The number of hydrogen-bond acceptors (Lipinski definition) is 6. The molecule has 0 aliphatic rings. The van der Waals surface area contributed by atoms with Gasteiger partial charge in [-0.1, -0.05) is 0 Å². The number of aromatic nitrogens is 1. The molecule has 0 saturated heterocycles. The highest BCUT2D eigenvalue weighted by molar-refractivity contribution is 5.85. The number of pyridine rings is 1. The Morgan fingerprint density at radius 2 is 2.18 bits per heavy atom. The predicted octanol–water partition coefficient (Wildman–Crippen LogP) is 0.353. The minimum absolute atomic E-state index is 0.0817. The van der Waals surface area contributed by atoms with Crippen LogP contribution in [-0.2, 0) is 9.59 Å². The van der Waals surface area contributed by atoms with E-state index in [1.165, 1.54) is 23.2 Å². The maximum atomic E-state index is 12.0. The van der Waals surface area contributed by atoms with Crippen LogP contribution < -0.4 is 10.1 Å². The molecule has 0 aliphatic heterocycles. The first-order valence-electron chi connectivity index (χ1n) is 6.76. The lowest BCUT2D eigenvalue weighted by Gasteiger charge is -2.20. The number of nitrogens with one attached hydrogen (secondary N) is 1. The molecular weight excluding hydrogens is 292 g/mol. The van der Waals surface area contributed by atoms with Crippen LogP contribution in [0.5, 0.6) is 5.75 Å². The summed E-state index contributed by atoms with van der Waals surface area (Å²) in [6.07, 6.45) is 1.26. The second-order valence-electron chi connectivity index (χ2n) is 4.23. The Morgan fingerprint density at radius 3 is 2.77 bits per heavy atom. The van der Waals surface area contributed by atoms with Gasteiger partial charge in [0.2, 0.25) is 11.7 Å². The number of ether oxygens (including phenoxy) is 1. The molecule has 0 radical (unpaired) electrons. The maximum Gasteiger partial charge on any atom is 0.406 e. The number of amides is 2. The van der Waals surface area contributed by atoms with E-state index in [4.69, 9.17) is 4.74 Å². The highest BCUT2D eigenvalue weighted by atomic mass is 16.6. The van der Waals surface area contributed by atoms with Crippen molar-refractivity contribution in [1.82, 2.24) is 15.2 Å². The maximum absolute atomic E-state index is 12.0. The highest BCUT2D eigenvalue weighted by Crippen LogP contribution is 2.22. The van der Waals surface area contributed by atoms with Crippen molar-refractivity contribution in [2.24, 2.45) is 0 Å². The van der Waals surface area contributed by atoms with Crippen molar-refractivity contribution >= 4 is 17.6 Å². The van der Waals surface area contributed by atoms with Gasteiger partial charge in [-0.15, -0.1) is 0 Å². The zero-order chi connectivity index (χ0) is 16.5. The van der Waals surface area contributed by atoms with Crippen LogP contribution in [0.4, 0.5) is 5.82 Å². The van der Waals surface area contributed by atoms with Gasteiger partial charge in [-0.3, -0.25) is 9.59 Å². The van der Waals surface area contributed by atoms with E-state index in [0.717, 1.165) is 0 Å². The van der Waals surface area contributed by atoms with Crippen LogP contribution in [0.25, 0.3) is 0 Å². The summed E-state index contributed by atoms with van der Waals surface area (Å²) in [5, 5.41) is 13.4. The van der Waals surface area contributed by atoms with Crippen molar-refractivity contribution in [2.75, 3.05) is 26.2 Å². The molecule has 0 aliphatic carbocycles. The Morgan fingerprint density at radius 1 is 1.45 bits per heavy atom. The van der Waals surface area contributed by atoms with Gasteiger partial charge in [0.05, 0.1) is 6.54 Å². The number of hydrogen-bond donors (Lipinski definition) is 1. The molecule has 0 unspecified atom stereocenters. The lowest BCUT2D eigenvalue weighted by molar-refractivity contribution is -0.390. The number of carbonyl (C=O) groups excluding carboxylic acids is 2. The molecule has 1 aromatic heterocycles. The summed E-state index contributed by atoms with van der Waals surface area (Å²) in [7, 11) is 0. The molecule has 120 valence electrons. The molecule has 0 atom stereocenters. The average molecular weight is 310 g/mol. The number of nitrogens with zero attached hydrogens (tertiary/aromatic N) is 3. The largest absolute Gasteiger partial charge is 0.476 e. The third-order valence-corrected chi connectivity index (χ3v) is 2.72. The molecule has 9 heteroatoms. The summed E-state index contributed by atoms with van der Waals surface area (Å²) in [6, 6.07) is 2.83. The Labute approximate surface area is 127 Å². The van der Waals surface area contributed by atoms with Gasteiger partial charge in [0.15, 0.2) is 6.61 Å². The Hall–Kier alpha value is -2.71. The summed E-state index contributed by atoms with van der Waals surface area (Å²) in [5.74, 6) is -1.26. The van der Waals surface area contributed by atoms with Crippen LogP contribution in [0, 0.1) is 10.1 Å². The van der Waals surface area contributed by atoms with Crippen LogP contribution in [0.3, 0.4) is 0 Å². The SMILES string of the molecule is CCNC(=O)CN(CC)C(=O)COc1cccnc1[N+](=O)[O-]. The molecule has 1 aromatic rings. The third-order valence-electron chi connectivity index (χ3n) is 2.72. The van der Waals surface area contributed by atoms with Crippen molar-refractivity contribution in [3.05, 3.63) is 28.4 Å². The Kier molecular flexibility index (Phi) is 6.74. The van der Waals surface area contributed by atoms with Gasteiger partial charge in [-0.2, -0.15) is 0 Å². The van der Waals surface area contributed by atoms with E-state index in [1.807, 2.05) is 0 Å². The van der Waals surface area contributed by atoms with Gasteiger partial charge in [0.25, 0.3) is 5.91 Å². The zero-order valence-electron chi connectivity index (χ0n) is 12.4. The number of nitro groups is 1. The second-order valence-corrected chi connectivity index (χ2v) is 4.23. The molecule has 2 amide bonds.